The monoisotopic (exact) mass is 439 g/mol. The van der Waals surface area contributed by atoms with E-state index in [9.17, 15) is 23.2 Å². The number of likely N-dealkylation sites (tertiary alicyclic amines) is 1. The third-order valence-corrected chi connectivity index (χ3v) is 5.08. The van der Waals surface area contributed by atoms with Crippen molar-refractivity contribution < 1.29 is 27.4 Å². The molecule has 0 unspecified atom stereocenters. The molecule has 2 aromatic rings. The van der Waals surface area contributed by atoms with Gasteiger partial charge < -0.3 is 14.4 Å². The van der Waals surface area contributed by atoms with Crippen LogP contribution in [0.25, 0.3) is 0 Å². The first-order valence-electron chi connectivity index (χ1n) is 8.91. The number of carbonyl (C=O) groups is 1. The minimum Gasteiger partial charge on any atom is -0.494 e. The Bertz CT molecular complexity index is 1000. The number of hydrogen-bond acceptors (Lipinski definition) is 5. The molecule has 1 aliphatic rings. The fourth-order valence-corrected chi connectivity index (χ4v) is 3.37. The smallest absolute Gasteiger partial charge is 0.425 e. The fraction of sp³-hybridized carbons (Fsp3) is 0.350. The zero-order valence-electron chi connectivity index (χ0n) is 16.0. The minimum atomic E-state index is -4.63. The number of amides is 1. The molecule has 0 N–H and O–H groups in total. The molecular formula is C20H17ClF3N3O3. The van der Waals surface area contributed by atoms with Gasteiger partial charge in [-0.05, 0) is 31.2 Å². The van der Waals surface area contributed by atoms with E-state index in [4.69, 9.17) is 21.1 Å². The van der Waals surface area contributed by atoms with Gasteiger partial charge in [-0.2, -0.15) is 18.4 Å². The molecule has 1 saturated heterocycles. The van der Waals surface area contributed by atoms with E-state index in [1.54, 1.807) is 18.3 Å². The van der Waals surface area contributed by atoms with Crippen molar-refractivity contribution in [2.24, 2.45) is 0 Å². The molecule has 10 heteroatoms. The summed E-state index contributed by atoms with van der Waals surface area (Å²) in [5, 5.41) is 9.76. The van der Waals surface area contributed by atoms with Gasteiger partial charge >= 0.3 is 6.18 Å². The lowest BCUT2D eigenvalue weighted by atomic mass is 9.94. The van der Waals surface area contributed by atoms with Gasteiger partial charge in [0, 0.05) is 25.2 Å². The van der Waals surface area contributed by atoms with Gasteiger partial charge in [0.15, 0.2) is 11.9 Å². The van der Waals surface area contributed by atoms with Gasteiger partial charge in [0.1, 0.15) is 17.4 Å². The zero-order chi connectivity index (χ0) is 22.1. The quantitative estimate of drug-likeness (QED) is 0.698. The lowest BCUT2D eigenvalue weighted by molar-refractivity contribution is -0.189. The van der Waals surface area contributed by atoms with Crippen LogP contribution in [-0.2, 0) is 0 Å². The number of halogens is 4. The van der Waals surface area contributed by atoms with Gasteiger partial charge in [0.2, 0.25) is 0 Å². The van der Waals surface area contributed by atoms with E-state index in [2.05, 4.69) is 4.98 Å². The molecule has 0 aliphatic carbocycles. The average molecular weight is 440 g/mol. The highest BCUT2D eigenvalue weighted by molar-refractivity contribution is 6.31. The van der Waals surface area contributed by atoms with Crippen molar-refractivity contribution in [1.29, 1.82) is 5.26 Å². The molecule has 1 aromatic carbocycles. The second-order valence-electron chi connectivity index (χ2n) is 6.71. The summed E-state index contributed by atoms with van der Waals surface area (Å²) in [5.74, 6) is -1.14. The van der Waals surface area contributed by atoms with Crippen LogP contribution in [0, 0.1) is 11.3 Å². The summed E-state index contributed by atoms with van der Waals surface area (Å²) in [6.45, 7) is 1.37. The molecule has 1 fully saturated rings. The van der Waals surface area contributed by atoms with Crippen LogP contribution in [0.15, 0.2) is 30.5 Å². The van der Waals surface area contributed by atoms with Crippen LogP contribution in [0.3, 0.4) is 0 Å². The van der Waals surface area contributed by atoms with Crippen molar-refractivity contribution in [2.75, 3.05) is 20.2 Å². The summed E-state index contributed by atoms with van der Waals surface area (Å²) in [4.78, 5) is 18.8. The highest BCUT2D eigenvalue weighted by atomic mass is 35.5. The largest absolute Gasteiger partial charge is 0.494 e. The second-order valence-corrected chi connectivity index (χ2v) is 7.12. The Morgan fingerprint density at radius 1 is 1.37 bits per heavy atom. The molecule has 1 aromatic heterocycles. The predicted octanol–water partition coefficient (Wildman–Crippen LogP) is 4.18. The molecule has 2 heterocycles. The summed E-state index contributed by atoms with van der Waals surface area (Å²) in [7, 11) is 1.23. The van der Waals surface area contributed by atoms with Gasteiger partial charge in [-0.3, -0.25) is 9.78 Å². The summed E-state index contributed by atoms with van der Waals surface area (Å²) >= 11 is 6.14. The first-order valence-corrected chi connectivity index (χ1v) is 9.29. The maximum Gasteiger partial charge on any atom is 0.425 e. The van der Waals surface area contributed by atoms with Gasteiger partial charge in [0.25, 0.3) is 5.91 Å². The highest BCUT2D eigenvalue weighted by Gasteiger charge is 2.41. The summed E-state index contributed by atoms with van der Waals surface area (Å²) in [6, 6.07) is 7.67. The van der Waals surface area contributed by atoms with E-state index in [1.807, 2.05) is 6.07 Å². The van der Waals surface area contributed by atoms with Crippen molar-refractivity contribution >= 4 is 17.5 Å². The Morgan fingerprint density at radius 2 is 2.07 bits per heavy atom. The summed E-state index contributed by atoms with van der Waals surface area (Å²) in [5.41, 5.74) is 0.430. The molecule has 1 aliphatic heterocycles. The van der Waals surface area contributed by atoms with E-state index in [1.165, 1.54) is 24.1 Å². The number of carbonyl (C=O) groups excluding carboxylic acids is 1. The van der Waals surface area contributed by atoms with E-state index in [0.717, 1.165) is 6.92 Å². The van der Waals surface area contributed by atoms with Crippen molar-refractivity contribution in [3.63, 3.8) is 0 Å². The maximum absolute atomic E-state index is 13.1. The van der Waals surface area contributed by atoms with Crippen LogP contribution in [0.1, 0.15) is 34.5 Å². The number of aromatic nitrogens is 1. The minimum absolute atomic E-state index is 0.0118. The topological polar surface area (TPSA) is 75.5 Å². The number of pyridine rings is 1. The van der Waals surface area contributed by atoms with Crippen molar-refractivity contribution in [1.82, 2.24) is 9.88 Å². The van der Waals surface area contributed by atoms with Crippen LogP contribution in [-0.4, -0.2) is 48.3 Å². The second kappa shape index (κ2) is 8.40. The van der Waals surface area contributed by atoms with Crippen LogP contribution in [0.5, 0.6) is 11.5 Å². The van der Waals surface area contributed by atoms with Crippen LogP contribution in [0.2, 0.25) is 5.02 Å². The van der Waals surface area contributed by atoms with E-state index in [-0.39, 0.29) is 41.6 Å². The molecule has 1 atom stereocenters. The molecule has 0 bridgehead atoms. The van der Waals surface area contributed by atoms with Crippen molar-refractivity contribution in [3.8, 4) is 17.6 Å². The third-order valence-electron chi connectivity index (χ3n) is 4.76. The van der Waals surface area contributed by atoms with Crippen molar-refractivity contribution in [2.45, 2.75) is 25.1 Å². The Hall–Kier alpha value is -2.99. The molecule has 158 valence electrons. The normalized spacial score (nSPS) is 15.2. The zero-order valence-corrected chi connectivity index (χ0v) is 16.8. The van der Waals surface area contributed by atoms with E-state index in [0.29, 0.717) is 10.7 Å². The Labute approximate surface area is 175 Å². The van der Waals surface area contributed by atoms with E-state index >= 15 is 0 Å². The van der Waals surface area contributed by atoms with Crippen molar-refractivity contribution in [3.05, 3.63) is 52.3 Å². The standard InChI is InChI=1S/C20H17ClF3N3O3/c1-11(20(22,23)24)30-15-6-5-12(8-25)18(29-2)16(15)19(28)27-9-13(10-27)17-14(21)4-3-7-26-17/h3-7,11,13H,9-10H2,1-2H3/t11-/m0/s1. The molecule has 6 nitrogen and oxygen atoms in total. The van der Waals surface area contributed by atoms with Crippen LogP contribution >= 0.6 is 11.6 Å². The van der Waals surface area contributed by atoms with Gasteiger partial charge in [-0.25, -0.2) is 0 Å². The maximum atomic E-state index is 13.1. The van der Waals surface area contributed by atoms with Crippen LogP contribution < -0.4 is 9.47 Å². The third kappa shape index (κ3) is 4.14. The lowest BCUT2D eigenvalue weighted by Crippen LogP contribution is -2.49. The number of nitrogens with zero attached hydrogens (tertiary/aromatic N) is 3. The first kappa shape index (κ1) is 21.7. The Balaban J connectivity index is 1.91. The molecule has 0 spiro atoms. The average Bonchev–Trinajstić information content (AvgIpc) is 2.66. The fourth-order valence-electron chi connectivity index (χ4n) is 3.10. The Kier molecular flexibility index (Phi) is 6.08. The SMILES string of the molecule is COc1c(C#N)ccc(O[C@@H](C)C(F)(F)F)c1C(=O)N1CC(c2ncccc2Cl)C1. The van der Waals surface area contributed by atoms with Gasteiger partial charge in [-0.15, -0.1) is 0 Å². The molecular weight excluding hydrogens is 423 g/mol. The highest BCUT2D eigenvalue weighted by Crippen LogP contribution is 2.38. The van der Waals surface area contributed by atoms with Crippen LogP contribution in [0.4, 0.5) is 13.2 Å². The number of alkyl halides is 3. The van der Waals surface area contributed by atoms with Gasteiger partial charge in [0.05, 0.1) is 23.4 Å². The Morgan fingerprint density at radius 3 is 2.63 bits per heavy atom. The molecule has 3 rings (SSSR count). The number of ether oxygens (including phenoxy) is 2. The molecule has 0 radical (unpaired) electrons. The number of hydrogen-bond donors (Lipinski definition) is 0. The number of nitriles is 1. The summed E-state index contributed by atoms with van der Waals surface area (Å²) < 4.78 is 49.2. The predicted molar refractivity (Wildman–Crippen MR) is 102 cm³/mol. The molecule has 0 saturated carbocycles. The summed E-state index contributed by atoms with van der Waals surface area (Å²) in [6.07, 6.45) is -5.19. The number of methoxy groups -OCH3 is 1. The first-order chi connectivity index (χ1) is 14.2. The van der Waals surface area contributed by atoms with E-state index < -0.39 is 18.2 Å². The molecule has 1 amide bonds. The number of rotatable bonds is 5. The molecule has 30 heavy (non-hydrogen) atoms. The van der Waals surface area contributed by atoms with Gasteiger partial charge in [-0.1, -0.05) is 11.6 Å². The number of benzene rings is 1. The lowest BCUT2D eigenvalue weighted by Gasteiger charge is -2.39.